The first kappa shape index (κ1) is 16.9. The van der Waals surface area contributed by atoms with E-state index in [1.54, 1.807) is 18.3 Å². The highest BCUT2D eigenvalue weighted by atomic mass is 32.1. The fraction of sp³-hybridized carbons (Fsp3) is 0.778. The maximum absolute atomic E-state index is 11.6. The Morgan fingerprint density at radius 2 is 2.17 bits per heavy atom. The lowest BCUT2D eigenvalue weighted by atomic mass is 9.86. The second kappa shape index (κ2) is 8.25. The minimum Gasteiger partial charge on any atom is -0.347 e. The number of aromatic nitrogens is 1. The molecule has 2 atom stereocenters. The van der Waals surface area contributed by atoms with E-state index in [1.165, 1.54) is 58.0 Å². The maximum Gasteiger partial charge on any atom is 0.217 e. The molecule has 128 valence electrons. The summed E-state index contributed by atoms with van der Waals surface area (Å²) in [6.45, 7) is 5.18. The lowest BCUT2D eigenvalue weighted by molar-refractivity contribution is -0.120. The lowest BCUT2D eigenvalue weighted by Gasteiger charge is -2.38. The SMILES string of the molecule is CC(=O)N[C@H](c1nccs1)[C@H]1CCCN(CC2CCCCC2)C1. The van der Waals surface area contributed by atoms with Gasteiger partial charge in [-0.2, -0.15) is 0 Å². The molecule has 2 heterocycles. The molecule has 3 rings (SSSR count). The van der Waals surface area contributed by atoms with E-state index >= 15 is 0 Å². The van der Waals surface area contributed by atoms with Crippen molar-refractivity contribution in [3.8, 4) is 0 Å². The van der Waals surface area contributed by atoms with Gasteiger partial charge in [0, 0.05) is 31.6 Å². The first-order valence-corrected chi connectivity index (χ1v) is 9.99. The molecule has 0 unspecified atom stereocenters. The van der Waals surface area contributed by atoms with Crippen LogP contribution in [0.1, 0.15) is 62.9 Å². The fourth-order valence-corrected chi connectivity index (χ4v) is 5.03. The third kappa shape index (κ3) is 4.77. The Hall–Kier alpha value is -0.940. The zero-order chi connectivity index (χ0) is 16.1. The molecule has 1 N–H and O–H groups in total. The Morgan fingerprint density at radius 3 is 2.87 bits per heavy atom. The van der Waals surface area contributed by atoms with Crippen LogP contribution in [0.2, 0.25) is 0 Å². The van der Waals surface area contributed by atoms with Gasteiger partial charge in [0.2, 0.25) is 5.91 Å². The lowest BCUT2D eigenvalue weighted by Crippen LogP contribution is -2.44. The molecule has 0 spiro atoms. The van der Waals surface area contributed by atoms with Gasteiger partial charge in [-0.25, -0.2) is 4.98 Å². The highest BCUT2D eigenvalue weighted by Gasteiger charge is 2.31. The van der Waals surface area contributed by atoms with Gasteiger partial charge in [-0.1, -0.05) is 19.3 Å². The number of nitrogens with one attached hydrogen (secondary N) is 1. The van der Waals surface area contributed by atoms with Crippen LogP contribution in [-0.2, 0) is 4.79 Å². The van der Waals surface area contributed by atoms with Crippen LogP contribution in [0.3, 0.4) is 0 Å². The summed E-state index contributed by atoms with van der Waals surface area (Å²) >= 11 is 1.66. The summed E-state index contributed by atoms with van der Waals surface area (Å²) in [5.74, 6) is 1.43. The Bertz CT molecular complexity index is 484. The molecule has 2 aliphatic rings. The molecule has 23 heavy (non-hydrogen) atoms. The summed E-state index contributed by atoms with van der Waals surface area (Å²) in [5, 5.41) is 6.23. The van der Waals surface area contributed by atoms with Crippen molar-refractivity contribution in [3.05, 3.63) is 16.6 Å². The van der Waals surface area contributed by atoms with Crippen LogP contribution in [0.15, 0.2) is 11.6 Å². The molecule has 0 radical (unpaired) electrons. The average molecular weight is 336 g/mol. The van der Waals surface area contributed by atoms with E-state index < -0.39 is 0 Å². The summed E-state index contributed by atoms with van der Waals surface area (Å²) in [5.41, 5.74) is 0. The normalized spacial score (nSPS) is 25.2. The molecule has 1 aromatic heterocycles. The first-order chi connectivity index (χ1) is 11.2. The Kier molecular flexibility index (Phi) is 6.06. The number of carbonyl (C=O) groups is 1. The van der Waals surface area contributed by atoms with Crippen LogP contribution in [0.5, 0.6) is 0 Å². The van der Waals surface area contributed by atoms with Gasteiger partial charge in [0.1, 0.15) is 5.01 Å². The molecule has 5 heteroatoms. The molecule has 2 fully saturated rings. The van der Waals surface area contributed by atoms with E-state index in [0.717, 1.165) is 17.5 Å². The number of carbonyl (C=O) groups excluding carboxylic acids is 1. The van der Waals surface area contributed by atoms with Gasteiger partial charge < -0.3 is 10.2 Å². The zero-order valence-electron chi connectivity index (χ0n) is 14.2. The second-order valence-electron chi connectivity index (χ2n) is 7.21. The number of nitrogens with zero attached hydrogens (tertiary/aromatic N) is 2. The monoisotopic (exact) mass is 335 g/mol. The molecular formula is C18H29N3OS. The summed E-state index contributed by atoms with van der Waals surface area (Å²) in [4.78, 5) is 18.8. The van der Waals surface area contributed by atoms with Crippen LogP contribution in [0, 0.1) is 11.8 Å². The third-order valence-electron chi connectivity index (χ3n) is 5.33. The predicted molar refractivity (Wildman–Crippen MR) is 94.4 cm³/mol. The van der Waals surface area contributed by atoms with Gasteiger partial charge in [0.25, 0.3) is 0 Å². The zero-order valence-corrected chi connectivity index (χ0v) is 15.0. The minimum atomic E-state index is 0.0506. The predicted octanol–water partition coefficient (Wildman–Crippen LogP) is 3.61. The van der Waals surface area contributed by atoms with Gasteiger partial charge in [-0.05, 0) is 44.1 Å². The molecule has 1 amide bonds. The molecule has 0 aromatic carbocycles. The van der Waals surface area contributed by atoms with E-state index in [4.69, 9.17) is 0 Å². The van der Waals surface area contributed by atoms with Crippen molar-refractivity contribution in [2.75, 3.05) is 19.6 Å². The van der Waals surface area contributed by atoms with Crippen LogP contribution in [-0.4, -0.2) is 35.4 Å². The van der Waals surface area contributed by atoms with E-state index in [2.05, 4.69) is 15.2 Å². The molecule has 1 aromatic rings. The molecular weight excluding hydrogens is 306 g/mol. The summed E-state index contributed by atoms with van der Waals surface area (Å²) in [7, 11) is 0. The topological polar surface area (TPSA) is 45.2 Å². The smallest absolute Gasteiger partial charge is 0.217 e. The Labute approximate surface area is 143 Å². The van der Waals surface area contributed by atoms with Crippen molar-refractivity contribution in [2.45, 2.75) is 57.9 Å². The van der Waals surface area contributed by atoms with Crippen LogP contribution < -0.4 is 5.32 Å². The number of hydrogen-bond donors (Lipinski definition) is 1. The summed E-state index contributed by atoms with van der Waals surface area (Å²) < 4.78 is 0. The average Bonchev–Trinajstić information content (AvgIpc) is 3.08. The molecule has 1 aliphatic heterocycles. The quantitative estimate of drug-likeness (QED) is 0.894. The standard InChI is InChI=1S/C18H29N3OS/c1-14(22)20-17(18-19-9-11-23-18)16-8-5-10-21(13-16)12-15-6-3-2-4-7-15/h9,11,15-17H,2-8,10,12-13H2,1H3,(H,20,22)/t16-,17-/m0/s1. The minimum absolute atomic E-state index is 0.0506. The van der Waals surface area contributed by atoms with Crippen molar-refractivity contribution >= 4 is 17.2 Å². The molecule has 0 bridgehead atoms. The fourth-order valence-electron chi connectivity index (χ4n) is 4.25. The number of piperidine rings is 1. The molecule has 1 saturated heterocycles. The Morgan fingerprint density at radius 1 is 1.35 bits per heavy atom. The summed E-state index contributed by atoms with van der Waals surface area (Å²) in [6.07, 6.45) is 11.3. The first-order valence-electron chi connectivity index (χ1n) is 9.11. The largest absolute Gasteiger partial charge is 0.347 e. The highest BCUT2D eigenvalue weighted by molar-refractivity contribution is 7.09. The molecule has 1 saturated carbocycles. The van der Waals surface area contributed by atoms with Gasteiger partial charge >= 0.3 is 0 Å². The van der Waals surface area contributed by atoms with E-state index in [-0.39, 0.29) is 11.9 Å². The van der Waals surface area contributed by atoms with Gasteiger partial charge in [0.05, 0.1) is 6.04 Å². The number of thiazole rings is 1. The van der Waals surface area contributed by atoms with Crippen LogP contribution in [0.4, 0.5) is 0 Å². The van der Waals surface area contributed by atoms with Gasteiger partial charge in [0.15, 0.2) is 0 Å². The van der Waals surface area contributed by atoms with Crippen molar-refractivity contribution < 1.29 is 4.79 Å². The third-order valence-corrected chi connectivity index (χ3v) is 6.19. The molecule has 1 aliphatic carbocycles. The van der Waals surface area contributed by atoms with Crippen LogP contribution in [0.25, 0.3) is 0 Å². The molecule has 4 nitrogen and oxygen atoms in total. The number of amides is 1. The van der Waals surface area contributed by atoms with Crippen molar-refractivity contribution in [1.29, 1.82) is 0 Å². The van der Waals surface area contributed by atoms with Crippen molar-refractivity contribution in [3.63, 3.8) is 0 Å². The number of rotatable bonds is 5. The van der Waals surface area contributed by atoms with Crippen molar-refractivity contribution in [2.24, 2.45) is 11.8 Å². The highest BCUT2D eigenvalue weighted by Crippen LogP contribution is 2.32. The Balaban J connectivity index is 1.61. The van der Waals surface area contributed by atoms with Crippen LogP contribution >= 0.6 is 11.3 Å². The second-order valence-corrected chi connectivity index (χ2v) is 8.14. The number of hydrogen-bond acceptors (Lipinski definition) is 4. The number of likely N-dealkylation sites (tertiary alicyclic amines) is 1. The maximum atomic E-state index is 11.6. The van der Waals surface area contributed by atoms with Gasteiger partial charge in [-0.15, -0.1) is 11.3 Å². The van der Waals surface area contributed by atoms with E-state index in [9.17, 15) is 4.79 Å². The van der Waals surface area contributed by atoms with Gasteiger partial charge in [-0.3, -0.25) is 4.79 Å². The summed E-state index contributed by atoms with van der Waals surface area (Å²) in [6, 6.07) is 0.0849. The van der Waals surface area contributed by atoms with E-state index in [0.29, 0.717) is 5.92 Å². The van der Waals surface area contributed by atoms with E-state index in [1.807, 2.05) is 11.6 Å². The van der Waals surface area contributed by atoms with Crippen molar-refractivity contribution in [1.82, 2.24) is 15.2 Å².